The Kier molecular flexibility index (Phi) is 3.80. The number of amides is 1. The number of carbonyl (C=O) groups excluding carboxylic acids is 1. The number of hydrogen-bond donors (Lipinski definition) is 1. The van der Waals surface area contributed by atoms with Crippen molar-refractivity contribution in [3.8, 4) is 0 Å². The molecule has 0 bridgehead atoms. The van der Waals surface area contributed by atoms with Gasteiger partial charge in [-0.2, -0.15) is 0 Å². The van der Waals surface area contributed by atoms with Gasteiger partial charge in [-0.25, -0.2) is 8.78 Å². The summed E-state index contributed by atoms with van der Waals surface area (Å²) in [6, 6.07) is -0.591. The zero-order chi connectivity index (χ0) is 10.7. The third-order valence-electron chi connectivity index (χ3n) is 2.52. The van der Waals surface area contributed by atoms with Gasteiger partial charge in [-0.3, -0.25) is 4.79 Å². The van der Waals surface area contributed by atoms with Crippen LogP contribution in [0.2, 0.25) is 0 Å². The molecule has 1 rings (SSSR count). The molecule has 1 fully saturated rings. The van der Waals surface area contributed by atoms with E-state index in [4.69, 9.17) is 5.73 Å². The maximum Gasteiger partial charge on any atom is 0.243 e. The molecule has 1 amide bonds. The van der Waals surface area contributed by atoms with Gasteiger partial charge in [0, 0.05) is 19.0 Å². The minimum atomic E-state index is -2.33. The van der Waals surface area contributed by atoms with E-state index in [0.717, 1.165) is 0 Å². The second-order valence-corrected chi connectivity index (χ2v) is 3.81. The Morgan fingerprint density at radius 3 is 2.71 bits per heavy atom. The lowest BCUT2D eigenvalue weighted by Gasteiger charge is -2.33. The predicted octanol–water partition coefficient (Wildman–Crippen LogP) is 0.837. The van der Waals surface area contributed by atoms with Crippen LogP contribution in [0, 0.1) is 5.92 Å². The number of rotatable bonds is 2. The Morgan fingerprint density at radius 1 is 1.57 bits per heavy atom. The van der Waals surface area contributed by atoms with Crippen molar-refractivity contribution in [2.75, 3.05) is 13.1 Å². The second kappa shape index (κ2) is 4.68. The van der Waals surface area contributed by atoms with Crippen molar-refractivity contribution in [3.63, 3.8) is 0 Å². The Balaban J connectivity index is 2.51. The van der Waals surface area contributed by atoms with E-state index in [0.29, 0.717) is 19.4 Å². The van der Waals surface area contributed by atoms with Gasteiger partial charge >= 0.3 is 0 Å². The lowest BCUT2D eigenvalue weighted by molar-refractivity contribution is -0.135. The average Bonchev–Trinajstić information content (AvgIpc) is 2.16. The first-order chi connectivity index (χ1) is 6.52. The van der Waals surface area contributed by atoms with E-state index in [1.54, 1.807) is 6.92 Å². The summed E-state index contributed by atoms with van der Waals surface area (Å²) in [5.74, 6) is -0.901. The topological polar surface area (TPSA) is 46.3 Å². The monoisotopic (exact) mass is 206 g/mol. The van der Waals surface area contributed by atoms with Crippen LogP contribution in [0.25, 0.3) is 0 Å². The number of carbonyl (C=O) groups is 1. The van der Waals surface area contributed by atoms with Gasteiger partial charge in [0.15, 0.2) is 0 Å². The number of nitrogens with zero attached hydrogens (tertiary/aromatic N) is 1. The minimum Gasteiger partial charge on any atom is -0.341 e. The van der Waals surface area contributed by atoms with Crippen LogP contribution in [0.3, 0.4) is 0 Å². The van der Waals surface area contributed by atoms with Crippen LogP contribution in [0.4, 0.5) is 8.78 Å². The smallest absolute Gasteiger partial charge is 0.243 e. The highest BCUT2D eigenvalue weighted by atomic mass is 19.3. The second-order valence-electron chi connectivity index (χ2n) is 3.81. The molecule has 82 valence electrons. The molecule has 3 nitrogen and oxygen atoms in total. The number of hydrogen-bond acceptors (Lipinski definition) is 2. The highest BCUT2D eigenvalue weighted by Gasteiger charge is 2.30. The number of halogens is 2. The van der Waals surface area contributed by atoms with Crippen LogP contribution in [-0.4, -0.2) is 36.4 Å². The van der Waals surface area contributed by atoms with Crippen LogP contribution in [-0.2, 0) is 4.79 Å². The Hall–Kier alpha value is -0.710. The van der Waals surface area contributed by atoms with Gasteiger partial charge in [0.25, 0.3) is 0 Å². The quantitative estimate of drug-likeness (QED) is 0.727. The standard InChI is InChI=1S/C9H16F2N2O/c1-6(12)9(14)13-4-2-3-7(5-13)8(10)11/h6-8H,2-5,12H2,1H3. The van der Waals surface area contributed by atoms with E-state index in [9.17, 15) is 13.6 Å². The molecule has 0 saturated carbocycles. The first-order valence-corrected chi connectivity index (χ1v) is 4.85. The summed E-state index contributed by atoms with van der Waals surface area (Å²) in [7, 11) is 0. The molecule has 2 N–H and O–H groups in total. The molecule has 0 spiro atoms. The zero-order valence-corrected chi connectivity index (χ0v) is 8.25. The molecule has 2 unspecified atom stereocenters. The van der Waals surface area contributed by atoms with Crippen LogP contribution in [0.5, 0.6) is 0 Å². The molecule has 1 aliphatic rings. The van der Waals surface area contributed by atoms with Crippen molar-refractivity contribution in [1.29, 1.82) is 0 Å². The molecular weight excluding hydrogens is 190 g/mol. The van der Waals surface area contributed by atoms with Crippen molar-refractivity contribution >= 4 is 5.91 Å². The summed E-state index contributed by atoms with van der Waals surface area (Å²) in [4.78, 5) is 12.9. The number of nitrogens with two attached hydrogens (primary N) is 1. The maximum absolute atomic E-state index is 12.4. The van der Waals surface area contributed by atoms with Crippen LogP contribution in [0.1, 0.15) is 19.8 Å². The summed E-state index contributed by atoms with van der Waals surface area (Å²) < 4.78 is 24.8. The van der Waals surface area contributed by atoms with E-state index < -0.39 is 18.4 Å². The summed E-state index contributed by atoms with van der Waals surface area (Å²) in [5.41, 5.74) is 5.41. The van der Waals surface area contributed by atoms with E-state index in [1.165, 1.54) is 4.90 Å². The third-order valence-corrected chi connectivity index (χ3v) is 2.52. The van der Waals surface area contributed by atoms with Gasteiger partial charge in [0.05, 0.1) is 6.04 Å². The fourth-order valence-corrected chi connectivity index (χ4v) is 1.70. The summed E-state index contributed by atoms with van der Waals surface area (Å²) in [6.07, 6.45) is -1.19. The fraction of sp³-hybridized carbons (Fsp3) is 0.889. The molecule has 0 aliphatic carbocycles. The predicted molar refractivity (Wildman–Crippen MR) is 49.0 cm³/mol. The summed E-state index contributed by atoms with van der Waals surface area (Å²) in [6.45, 7) is 2.29. The van der Waals surface area contributed by atoms with Gasteiger partial charge in [0.1, 0.15) is 0 Å². The molecule has 1 heterocycles. The fourth-order valence-electron chi connectivity index (χ4n) is 1.70. The zero-order valence-electron chi connectivity index (χ0n) is 8.25. The lowest BCUT2D eigenvalue weighted by Crippen LogP contribution is -2.48. The molecule has 1 saturated heterocycles. The average molecular weight is 206 g/mol. The molecular formula is C9H16F2N2O. The largest absolute Gasteiger partial charge is 0.341 e. The highest BCUT2D eigenvalue weighted by molar-refractivity contribution is 5.81. The van der Waals surface area contributed by atoms with Crippen molar-refractivity contribution in [1.82, 2.24) is 4.90 Å². The van der Waals surface area contributed by atoms with Gasteiger partial charge in [0.2, 0.25) is 12.3 Å². The Bertz CT molecular complexity index is 209. The first kappa shape index (κ1) is 11.4. The number of likely N-dealkylation sites (tertiary alicyclic amines) is 1. The van der Waals surface area contributed by atoms with E-state index in [2.05, 4.69) is 0 Å². The molecule has 2 atom stereocenters. The number of alkyl halides is 2. The van der Waals surface area contributed by atoms with E-state index >= 15 is 0 Å². The van der Waals surface area contributed by atoms with Crippen molar-refractivity contribution in [2.45, 2.75) is 32.2 Å². The molecule has 5 heteroatoms. The van der Waals surface area contributed by atoms with E-state index in [1.807, 2.05) is 0 Å². The Labute approximate surface area is 82.2 Å². The molecule has 0 aromatic rings. The minimum absolute atomic E-state index is 0.151. The van der Waals surface area contributed by atoms with Crippen LogP contribution >= 0.6 is 0 Å². The van der Waals surface area contributed by atoms with Crippen molar-refractivity contribution in [2.24, 2.45) is 11.7 Å². The van der Waals surface area contributed by atoms with Crippen LogP contribution < -0.4 is 5.73 Å². The summed E-state index contributed by atoms with van der Waals surface area (Å²) >= 11 is 0. The Morgan fingerprint density at radius 2 is 2.21 bits per heavy atom. The third kappa shape index (κ3) is 2.64. The molecule has 1 aliphatic heterocycles. The van der Waals surface area contributed by atoms with Gasteiger partial charge in [-0.05, 0) is 19.8 Å². The van der Waals surface area contributed by atoms with Gasteiger partial charge < -0.3 is 10.6 Å². The summed E-state index contributed by atoms with van der Waals surface area (Å²) in [5, 5.41) is 0. The SMILES string of the molecule is CC(N)C(=O)N1CCCC(C(F)F)C1. The lowest BCUT2D eigenvalue weighted by atomic mass is 9.98. The normalized spacial score (nSPS) is 25.2. The van der Waals surface area contributed by atoms with Crippen LogP contribution in [0.15, 0.2) is 0 Å². The first-order valence-electron chi connectivity index (χ1n) is 4.85. The molecule has 14 heavy (non-hydrogen) atoms. The van der Waals surface area contributed by atoms with E-state index in [-0.39, 0.29) is 12.5 Å². The molecule has 0 aromatic heterocycles. The van der Waals surface area contributed by atoms with Crippen molar-refractivity contribution in [3.05, 3.63) is 0 Å². The molecule has 0 radical (unpaired) electrons. The van der Waals surface area contributed by atoms with Gasteiger partial charge in [-0.15, -0.1) is 0 Å². The number of piperidine rings is 1. The van der Waals surface area contributed by atoms with Crippen molar-refractivity contribution < 1.29 is 13.6 Å². The maximum atomic E-state index is 12.4. The van der Waals surface area contributed by atoms with Gasteiger partial charge in [-0.1, -0.05) is 0 Å². The molecule has 0 aromatic carbocycles. The highest BCUT2D eigenvalue weighted by Crippen LogP contribution is 2.22.